The van der Waals surface area contributed by atoms with Crippen molar-refractivity contribution in [3.8, 4) is 11.5 Å². The maximum absolute atomic E-state index is 11.9. The first-order valence-electron chi connectivity index (χ1n) is 6.82. The number of morpholine rings is 1. The quantitative estimate of drug-likeness (QED) is 0.884. The van der Waals surface area contributed by atoms with Gasteiger partial charge in [-0.25, -0.2) is 4.79 Å². The van der Waals surface area contributed by atoms with E-state index in [-0.39, 0.29) is 0 Å². The van der Waals surface area contributed by atoms with E-state index in [1.807, 2.05) is 4.90 Å². The van der Waals surface area contributed by atoms with Crippen LogP contribution in [0.25, 0.3) is 0 Å². The Bertz CT molecular complexity index is 513. The molecule has 0 aromatic heterocycles. The summed E-state index contributed by atoms with van der Waals surface area (Å²) in [4.78, 5) is 13.8. The summed E-state index contributed by atoms with van der Waals surface area (Å²) in [6.45, 7) is 3.95. The van der Waals surface area contributed by atoms with Crippen LogP contribution in [0.5, 0.6) is 11.5 Å². The number of carboxylic acid groups (broad SMARTS) is 1. The Labute approximate surface area is 124 Å². The molecule has 2 rings (SSSR count). The summed E-state index contributed by atoms with van der Waals surface area (Å²) in [6.07, 6.45) is 0. The third-order valence-corrected chi connectivity index (χ3v) is 4.01. The van der Waals surface area contributed by atoms with Crippen LogP contribution in [0.4, 0.5) is 0 Å². The normalized spacial score (nSPS) is 18.8. The van der Waals surface area contributed by atoms with Crippen molar-refractivity contribution in [2.24, 2.45) is 0 Å². The van der Waals surface area contributed by atoms with Crippen LogP contribution in [0.1, 0.15) is 12.5 Å². The van der Waals surface area contributed by atoms with Gasteiger partial charge in [0.05, 0.1) is 27.4 Å². The summed E-state index contributed by atoms with van der Waals surface area (Å²) >= 11 is 0. The molecule has 0 amide bonds. The van der Waals surface area contributed by atoms with Crippen LogP contribution in [0.2, 0.25) is 0 Å². The van der Waals surface area contributed by atoms with E-state index >= 15 is 0 Å². The van der Waals surface area contributed by atoms with E-state index in [0.29, 0.717) is 43.4 Å². The number of aliphatic carboxylic acids is 1. The SMILES string of the molecule is COc1ccc(C(C)(C(=O)O)N2CCOCC2)cc1OC. The Morgan fingerprint density at radius 1 is 1.24 bits per heavy atom. The minimum Gasteiger partial charge on any atom is -0.493 e. The van der Waals surface area contributed by atoms with E-state index in [1.165, 1.54) is 7.11 Å². The second kappa shape index (κ2) is 6.32. The van der Waals surface area contributed by atoms with Gasteiger partial charge in [0.25, 0.3) is 0 Å². The number of rotatable bonds is 5. The number of methoxy groups -OCH3 is 2. The summed E-state index contributed by atoms with van der Waals surface area (Å²) in [6, 6.07) is 5.23. The van der Waals surface area contributed by atoms with Gasteiger partial charge in [0.15, 0.2) is 11.5 Å². The van der Waals surface area contributed by atoms with Crippen LogP contribution in [0.3, 0.4) is 0 Å². The first-order chi connectivity index (χ1) is 10.0. The molecular formula is C15H21NO5. The molecule has 1 aliphatic heterocycles. The van der Waals surface area contributed by atoms with Gasteiger partial charge in [0, 0.05) is 13.1 Å². The first kappa shape index (κ1) is 15.6. The average molecular weight is 295 g/mol. The maximum atomic E-state index is 11.9. The lowest BCUT2D eigenvalue weighted by atomic mass is 9.89. The summed E-state index contributed by atoms with van der Waals surface area (Å²) in [5.74, 6) is 0.211. The molecule has 1 aromatic rings. The van der Waals surface area contributed by atoms with Gasteiger partial charge in [-0.2, -0.15) is 0 Å². The van der Waals surface area contributed by atoms with Gasteiger partial charge >= 0.3 is 5.97 Å². The van der Waals surface area contributed by atoms with Crippen molar-refractivity contribution in [2.75, 3.05) is 40.5 Å². The van der Waals surface area contributed by atoms with E-state index in [0.717, 1.165) is 0 Å². The topological polar surface area (TPSA) is 68.2 Å². The zero-order valence-electron chi connectivity index (χ0n) is 12.6. The molecule has 6 heteroatoms. The molecule has 1 aromatic carbocycles. The minimum absolute atomic E-state index is 0.524. The van der Waals surface area contributed by atoms with Crippen LogP contribution >= 0.6 is 0 Å². The molecule has 1 atom stereocenters. The highest BCUT2D eigenvalue weighted by Gasteiger charge is 2.42. The Hall–Kier alpha value is -1.79. The lowest BCUT2D eigenvalue weighted by Gasteiger charge is -2.40. The van der Waals surface area contributed by atoms with Crippen molar-refractivity contribution in [3.63, 3.8) is 0 Å². The molecule has 0 saturated carbocycles. The summed E-state index contributed by atoms with van der Waals surface area (Å²) in [5, 5.41) is 9.77. The Morgan fingerprint density at radius 3 is 2.38 bits per heavy atom. The molecule has 0 radical (unpaired) electrons. The van der Waals surface area contributed by atoms with Crippen molar-refractivity contribution < 1.29 is 24.1 Å². The van der Waals surface area contributed by atoms with Gasteiger partial charge in [-0.15, -0.1) is 0 Å². The first-order valence-corrected chi connectivity index (χ1v) is 6.82. The van der Waals surface area contributed by atoms with Gasteiger partial charge in [0.1, 0.15) is 5.54 Å². The van der Waals surface area contributed by atoms with Crippen molar-refractivity contribution in [1.82, 2.24) is 4.90 Å². The smallest absolute Gasteiger partial charge is 0.328 e. The summed E-state index contributed by atoms with van der Waals surface area (Å²) in [7, 11) is 3.09. The number of hydrogen-bond donors (Lipinski definition) is 1. The predicted molar refractivity (Wildman–Crippen MR) is 76.9 cm³/mol. The Morgan fingerprint density at radius 2 is 1.86 bits per heavy atom. The molecule has 6 nitrogen and oxygen atoms in total. The van der Waals surface area contributed by atoms with Crippen molar-refractivity contribution >= 4 is 5.97 Å². The summed E-state index contributed by atoms with van der Waals surface area (Å²) < 4.78 is 15.8. The highest BCUT2D eigenvalue weighted by molar-refractivity contribution is 5.80. The van der Waals surface area contributed by atoms with Gasteiger partial charge < -0.3 is 19.3 Å². The van der Waals surface area contributed by atoms with E-state index in [4.69, 9.17) is 14.2 Å². The van der Waals surface area contributed by atoms with E-state index in [9.17, 15) is 9.90 Å². The number of benzene rings is 1. The van der Waals surface area contributed by atoms with Crippen LogP contribution in [0.15, 0.2) is 18.2 Å². The van der Waals surface area contributed by atoms with Gasteiger partial charge in [-0.3, -0.25) is 4.90 Å². The number of nitrogens with zero attached hydrogens (tertiary/aromatic N) is 1. The molecule has 0 bridgehead atoms. The highest BCUT2D eigenvalue weighted by atomic mass is 16.5. The van der Waals surface area contributed by atoms with Crippen molar-refractivity contribution in [2.45, 2.75) is 12.5 Å². The molecule has 0 aliphatic carbocycles. The molecule has 1 unspecified atom stereocenters. The fraction of sp³-hybridized carbons (Fsp3) is 0.533. The van der Waals surface area contributed by atoms with Gasteiger partial charge in [-0.05, 0) is 24.6 Å². The zero-order valence-corrected chi connectivity index (χ0v) is 12.6. The van der Waals surface area contributed by atoms with E-state index < -0.39 is 11.5 Å². The molecule has 21 heavy (non-hydrogen) atoms. The monoisotopic (exact) mass is 295 g/mol. The predicted octanol–water partition coefficient (Wildman–Crippen LogP) is 1.34. The van der Waals surface area contributed by atoms with E-state index in [2.05, 4.69) is 0 Å². The largest absolute Gasteiger partial charge is 0.493 e. The molecule has 1 heterocycles. The lowest BCUT2D eigenvalue weighted by Crippen LogP contribution is -2.54. The van der Waals surface area contributed by atoms with Crippen LogP contribution in [-0.2, 0) is 15.1 Å². The van der Waals surface area contributed by atoms with Crippen LogP contribution in [-0.4, -0.2) is 56.5 Å². The second-order valence-corrected chi connectivity index (χ2v) is 5.05. The Balaban J connectivity index is 2.44. The molecule has 0 spiro atoms. The van der Waals surface area contributed by atoms with E-state index in [1.54, 1.807) is 32.2 Å². The lowest BCUT2D eigenvalue weighted by molar-refractivity contribution is -0.154. The number of hydrogen-bond acceptors (Lipinski definition) is 5. The number of carbonyl (C=O) groups is 1. The molecule has 1 aliphatic rings. The average Bonchev–Trinajstić information content (AvgIpc) is 2.53. The fourth-order valence-corrected chi connectivity index (χ4v) is 2.59. The minimum atomic E-state index is -1.12. The molecule has 1 fully saturated rings. The van der Waals surface area contributed by atoms with Crippen molar-refractivity contribution in [3.05, 3.63) is 23.8 Å². The maximum Gasteiger partial charge on any atom is 0.328 e. The third kappa shape index (κ3) is 2.82. The van der Waals surface area contributed by atoms with Crippen LogP contribution < -0.4 is 9.47 Å². The molecule has 1 saturated heterocycles. The number of ether oxygens (including phenoxy) is 3. The van der Waals surface area contributed by atoms with Crippen molar-refractivity contribution in [1.29, 1.82) is 0 Å². The highest BCUT2D eigenvalue weighted by Crippen LogP contribution is 2.35. The second-order valence-electron chi connectivity index (χ2n) is 5.05. The van der Waals surface area contributed by atoms with Gasteiger partial charge in [-0.1, -0.05) is 6.07 Å². The molecule has 1 N–H and O–H groups in total. The fourth-order valence-electron chi connectivity index (χ4n) is 2.59. The summed E-state index contributed by atoms with van der Waals surface area (Å²) in [5.41, 5.74) is -0.460. The standard InChI is InChI=1S/C15H21NO5/c1-15(14(17)18,16-6-8-21-9-7-16)11-4-5-12(19-2)13(10-11)20-3/h4-5,10H,6-9H2,1-3H3,(H,17,18). The number of carboxylic acids is 1. The Kier molecular flexibility index (Phi) is 4.69. The van der Waals surface area contributed by atoms with Gasteiger partial charge in [0.2, 0.25) is 0 Å². The zero-order chi connectivity index (χ0) is 15.5. The molecule has 116 valence electrons. The third-order valence-electron chi connectivity index (χ3n) is 4.01. The molecular weight excluding hydrogens is 274 g/mol. The van der Waals surface area contributed by atoms with Crippen LogP contribution in [0, 0.1) is 0 Å².